The quantitative estimate of drug-likeness (QED) is 0.844. The molecule has 4 bridgehead atoms. The Balaban J connectivity index is 1.37. The molecule has 1 N–H and O–H groups in total. The zero-order valence-electron chi connectivity index (χ0n) is 14.2. The van der Waals surface area contributed by atoms with Gasteiger partial charge in [-0.1, -0.05) is 6.58 Å². The molecule has 5 nitrogen and oxygen atoms in total. The normalized spacial score (nSPS) is 39.8. The zero-order chi connectivity index (χ0) is 16.9. The third-order valence-corrected chi connectivity index (χ3v) is 8.33. The highest BCUT2D eigenvalue weighted by molar-refractivity contribution is 7.92. The lowest BCUT2D eigenvalue weighted by Gasteiger charge is -2.57. The standard InChI is InChI=1S/C18H28N2O3S/c1-2-24(22,23)20-5-3-16(4-6-20)17(21)19-18-10-13-7-14(11-18)9-15(8-13)12-18/h2,13-16H,1,3-12H2,(H,19,21). The lowest BCUT2D eigenvalue weighted by atomic mass is 9.53. The molecule has 1 aliphatic heterocycles. The van der Waals surface area contributed by atoms with Crippen LogP contribution in [0.5, 0.6) is 0 Å². The fourth-order valence-corrected chi connectivity index (χ4v) is 7.04. The molecule has 6 heteroatoms. The molecule has 0 atom stereocenters. The second-order valence-corrected chi connectivity index (χ2v) is 10.5. The summed E-state index contributed by atoms with van der Waals surface area (Å²) in [5.74, 6) is 2.56. The highest BCUT2D eigenvalue weighted by Gasteiger charge is 2.51. The van der Waals surface area contributed by atoms with E-state index in [1.54, 1.807) is 0 Å². The van der Waals surface area contributed by atoms with E-state index < -0.39 is 10.0 Å². The Morgan fingerprint density at radius 2 is 1.54 bits per heavy atom. The predicted molar refractivity (Wildman–Crippen MR) is 92.5 cm³/mol. The second-order valence-electron chi connectivity index (χ2n) is 8.57. The molecule has 1 amide bonds. The van der Waals surface area contributed by atoms with Crippen molar-refractivity contribution in [2.75, 3.05) is 13.1 Å². The summed E-state index contributed by atoms with van der Waals surface area (Å²) in [6.07, 6.45) is 8.82. The first-order valence-corrected chi connectivity index (χ1v) is 10.8. The maximum absolute atomic E-state index is 12.8. The number of nitrogens with zero attached hydrogens (tertiary/aromatic N) is 1. The van der Waals surface area contributed by atoms with Gasteiger partial charge in [0.25, 0.3) is 0 Å². The number of rotatable bonds is 4. The van der Waals surface area contributed by atoms with E-state index in [9.17, 15) is 13.2 Å². The van der Waals surface area contributed by atoms with Crippen molar-refractivity contribution in [2.24, 2.45) is 23.7 Å². The van der Waals surface area contributed by atoms with Gasteiger partial charge in [-0.25, -0.2) is 8.42 Å². The summed E-state index contributed by atoms with van der Waals surface area (Å²) in [5, 5.41) is 4.44. The average Bonchev–Trinajstić information content (AvgIpc) is 2.53. The van der Waals surface area contributed by atoms with E-state index in [1.165, 1.54) is 23.6 Å². The molecule has 5 rings (SSSR count). The first-order valence-electron chi connectivity index (χ1n) is 9.34. The van der Waals surface area contributed by atoms with Gasteiger partial charge in [-0.2, -0.15) is 4.31 Å². The summed E-state index contributed by atoms with van der Waals surface area (Å²) in [6.45, 7) is 4.22. The van der Waals surface area contributed by atoms with Gasteiger partial charge in [-0.3, -0.25) is 4.79 Å². The number of carbonyl (C=O) groups is 1. The van der Waals surface area contributed by atoms with Gasteiger partial charge in [0.05, 0.1) is 0 Å². The fraction of sp³-hybridized carbons (Fsp3) is 0.833. The minimum absolute atomic E-state index is 0.0470. The van der Waals surface area contributed by atoms with Crippen LogP contribution < -0.4 is 5.32 Å². The van der Waals surface area contributed by atoms with E-state index in [0.29, 0.717) is 25.9 Å². The molecule has 0 spiro atoms. The third-order valence-electron chi connectivity index (χ3n) is 6.82. The van der Waals surface area contributed by atoms with Crippen molar-refractivity contribution >= 4 is 15.9 Å². The Hall–Kier alpha value is -0.880. The summed E-state index contributed by atoms with van der Waals surface area (Å²) in [4.78, 5) is 12.8. The van der Waals surface area contributed by atoms with Crippen LogP contribution in [0.1, 0.15) is 51.4 Å². The molecule has 1 saturated heterocycles. The number of piperidine rings is 1. The van der Waals surface area contributed by atoms with Crippen molar-refractivity contribution in [3.63, 3.8) is 0 Å². The van der Waals surface area contributed by atoms with Gasteiger partial charge < -0.3 is 5.32 Å². The molecule has 0 unspecified atom stereocenters. The molecule has 0 aromatic rings. The van der Waals surface area contributed by atoms with Gasteiger partial charge in [0.2, 0.25) is 15.9 Å². The molecule has 134 valence electrons. The summed E-state index contributed by atoms with van der Waals surface area (Å²) in [6, 6.07) is 0. The van der Waals surface area contributed by atoms with E-state index in [-0.39, 0.29) is 17.4 Å². The summed E-state index contributed by atoms with van der Waals surface area (Å²) in [7, 11) is -3.35. The van der Waals surface area contributed by atoms with Crippen LogP contribution in [0.2, 0.25) is 0 Å². The predicted octanol–water partition coefficient (Wildman–Crippen LogP) is 2.26. The van der Waals surface area contributed by atoms with E-state index >= 15 is 0 Å². The van der Waals surface area contributed by atoms with Crippen LogP contribution >= 0.6 is 0 Å². The number of amides is 1. The van der Waals surface area contributed by atoms with Gasteiger partial charge >= 0.3 is 0 Å². The van der Waals surface area contributed by atoms with Crippen molar-refractivity contribution in [3.8, 4) is 0 Å². The number of carbonyl (C=O) groups excluding carboxylic acids is 1. The molecule has 4 saturated carbocycles. The summed E-state index contributed by atoms with van der Waals surface area (Å²) >= 11 is 0. The van der Waals surface area contributed by atoms with E-state index in [2.05, 4.69) is 11.9 Å². The highest BCUT2D eigenvalue weighted by atomic mass is 32.2. The molecule has 5 aliphatic rings. The molecule has 5 fully saturated rings. The summed E-state index contributed by atoms with van der Waals surface area (Å²) in [5.41, 5.74) is 0.0517. The van der Waals surface area contributed by atoms with Crippen molar-refractivity contribution in [1.82, 2.24) is 9.62 Å². The molecular weight excluding hydrogens is 324 g/mol. The smallest absolute Gasteiger partial charge is 0.235 e. The van der Waals surface area contributed by atoms with Crippen molar-refractivity contribution < 1.29 is 13.2 Å². The largest absolute Gasteiger partial charge is 0.350 e. The Labute approximate surface area is 144 Å². The minimum atomic E-state index is -3.35. The van der Waals surface area contributed by atoms with Gasteiger partial charge in [-0.05, 0) is 69.1 Å². The number of sulfonamides is 1. The minimum Gasteiger partial charge on any atom is -0.350 e. The topological polar surface area (TPSA) is 66.5 Å². The monoisotopic (exact) mass is 352 g/mol. The first-order chi connectivity index (χ1) is 11.4. The van der Waals surface area contributed by atoms with Gasteiger partial charge in [0.1, 0.15) is 0 Å². The van der Waals surface area contributed by atoms with Crippen LogP contribution in [-0.4, -0.2) is 37.3 Å². The van der Waals surface area contributed by atoms with Crippen LogP contribution in [0.25, 0.3) is 0 Å². The second kappa shape index (κ2) is 5.84. The molecule has 4 aliphatic carbocycles. The lowest BCUT2D eigenvalue weighted by molar-refractivity contribution is -0.131. The van der Waals surface area contributed by atoms with Crippen LogP contribution in [-0.2, 0) is 14.8 Å². The van der Waals surface area contributed by atoms with Crippen molar-refractivity contribution in [1.29, 1.82) is 0 Å². The molecular formula is C18H28N2O3S. The number of nitrogens with one attached hydrogen (secondary N) is 1. The highest BCUT2D eigenvalue weighted by Crippen LogP contribution is 2.55. The Morgan fingerprint density at radius 3 is 2.00 bits per heavy atom. The fourth-order valence-electron chi connectivity index (χ4n) is 6.11. The van der Waals surface area contributed by atoms with Crippen molar-refractivity contribution in [3.05, 3.63) is 12.0 Å². The lowest BCUT2D eigenvalue weighted by Crippen LogP contribution is -2.61. The van der Waals surface area contributed by atoms with Crippen LogP contribution in [0.4, 0.5) is 0 Å². The molecule has 1 heterocycles. The average molecular weight is 353 g/mol. The van der Waals surface area contributed by atoms with Crippen LogP contribution in [0, 0.1) is 23.7 Å². The van der Waals surface area contributed by atoms with E-state index in [4.69, 9.17) is 0 Å². The Morgan fingerprint density at radius 1 is 1.04 bits per heavy atom. The molecule has 0 aromatic carbocycles. The first kappa shape index (κ1) is 16.6. The van der Waals surface area contributed by atoms with Crippen molar-refractivity contribution in [2.45, 2.75) is 56.9 Å². The van der Waals surface area contributed by atoms with Gasteiger partial charge in [-0.15, -0.1) is 0 Å². The van der Waals surface area contributed by atoms with E-state index in [1.807, 2.05) is 0 Å². The molecule has 24 heavy (non-hydrogen) atoms. The SMILES string of the molecule is C=CS(=O)(=O)N1CCC(C(=O)NC23CC4CC(CC(C4)C2)C3)CC1. The molecule has 0 radical (unpaired) electrons. The Bertz CT molecular complexity index is 599. The van der Waals surface area contributed by atoms with Crippen LogP contribution in [0.15, 0.2) is 12.0 Å². The maximum atomic E-state index is 12.8. The van der Waals surface area contributed by atoms with E-state index in [0.717, 1.165) is 42.4 Å². The Kier molecular flexibility index (Phi) is 4.03. The maximum Gasteiger partial charge on any atom is 0.235 e. The number of hydrogen-bond donors (Lipinski definition) is 1. The zero-order valence-corrected chi connectivity index (χ0v) is 15.1. The molecule has 0 aromatic heterocycles. The van der Waals surface area contributed by atoms with Gasteiger partial charge in [0.15, 0.2) is 0 Å². The third kappa shape index (κ3) is 2.92. The van der Waals surface area contributed by atoms with Crippen LogP contribution in [0.3, 0.4) is 0 Å². The van der Waals surface area contributed by atoms with Gasteiger partial charge in [0, 0.05) is 30.0 Å². The number of hydrogen-bond acceptors (Lipinski definition) is 3. The summed E-state index contributed by atoms with van der Waals surface area (Å²) < 4.78 is 25.1.